The third kappa shape index (κ3) is 3.31. The second-order valence-corrected chi connectivity index (χ2v) is 8.62. The van der Waals surface area contributed by atoms with Crippen LogP contribution in [0.15, 0.2) is 24.3 Å². The highest BCUT2D eigenvalue weighted by Crippen LogP contribution is 2.47. The van der Waals surface area contributed by atoms with E-state index in [1.54, 1.807) is 5.01 Å². The van der Waals surface area contributed by atoms with E-state index in [2.05, 4.69) is 14.9 Å². The zero-order chi connectivity index (χ0) is 21.8. The van der Waals surface area contributed by atoms with E-state index < -0.39 is 17.0 Å². The summed E-state index contributed by atoms with van der Waals surface area (Å²) in [6, 6.07) is 7.00. The van der Waals surface area contributed by atoms with Gasteiger partial charge in [-0.15, -0.1) is 0 Å². The minimum absolute atomic E-state index is 0.0379. The van der Waals surface area contributed by atoms with Crippen LogP contribution in [0.2, 0.25) is 0 Å². The molecule has 0 N–H and O–H groups in total. The predicted molar refractivity (Wildman–Crippen MR) is 107 cm³/mol. The summed E-state index contributed by atoms with van der Waals surface area (Å²) in [6.07, 6.45) is 1.98. The highest BCUT2D eigenvalue weighted by molar-refractivity contribution is 5.85. The van der Waals surface area contributed by atoms with Gasteiger partial charge in [-0.1, -0.05) is 0 Å². The van der Waals surface area contributed by atoms with Gasteiger partial charge in [0.05, 0.1) is 11.5 Å². The summed E-state index contributed by atoms with van der Waals surface area (Å²) in [4.78, 5) is 24.0. The van der Waals surface area contributed by atoms with Gasteiger partial charge < -0.3 is 4.90 Å². The summed E-state index contributed by atoms with van der Waals surface area (Å²) in [5, 5.41) is 12.9. The first-order chi connectivity index (χ1) is 14.9. The van der Waals surface area contributed by atoms with Gasteiger partial charge in [0.1, 0.15) is 23.5 Å². The molecule has 0 aliphatic carbocycles. The molecular weight excluding hydrogens is 402 g/mol. The van der Waals surface area contributed by atoms with Crippen molar-refractivity contribution in [1.82, 2.24) is 20.0 Å². The number of halogens is 2. The Balaban J connectivity index is 1.35. The number of aryl methyl sites for hydroxylation is 1. The summed E-state index contributed by atoms with van der Waals surface area (Å²) in [5.74, 6) is -0.363. The van der Waals surface area contributed by atoms with E-state index in [-0.39, 0.29) is 17.8 Å². The van der Waals surface area contributed by atoms with Gasteiger partial charge in [0, 0.05) is 44.0 Å². The van der Waals surface area contributed by atoms with Gasteiger partial charge in [-0.05, 0) is 43.9 Å². The molecule has 1 atom stereocenters. The number of piperidine rings is 1. The van der Waals surface area contributed by atoms with Gasteiger partial charge in [-0.3, -0.25) is 9.80 Å². The Morgan fingerprint density at radius 3 is 2.48 bits per heavy atom. The molecule has 0 unspecified atom stereocenters. The summed E-state index contributed by atoms with van der Waals surface area (Å²) in [6.45, 7) is 4.44. The van der Waals surface area contributed by atoms with Crippen molar-refractivity contribution in [2.75, 3.05) is 31.1 Å². The Morgan fingerprint density at radius 1 is 1.10 bits per heavy atom. The fourth-order valence-electron chi connectivity index (χ4n) is 5.16. The highest BCUT2D eigenvalue weighted by Gasteiger charge is 2.56. The van der Waals surface area contributed by atoms with Crippen molar-refractivity contribution in [1.29, 1.82) is 5.26 Å². The molecule has 9 heteroatoms. The van der Waals surface area contributed by atoms with Gasteiger partial charge >= 0.3 is 0 Å². The molecule has 4 heterocycles. The number of amides is 1. The molecule has 1 aromatic carbocycles. The molecule has 2 aromatic rings. The lowest BCUT2D eigenvalue weighted by molar-refractivity contribution is -0.143. The van der Waals surface area contributed by atoms with Gasteiger partial charge in [0.25, 0.3) is 0 Å². The van der Waals surface area contributed by atoms with Gasteiger partial charge in [0.2, 0.25) is 11.7 Å². The van der Waals surface area contributed by atoms with Crippen LogP contribution in [0.5, 0.6) is 0 Å². The second kappa shape index (κ2) is 7.24. The molecule has 7 nitrogen and oxygen atoms in total. The zero-order valence-electron chi connectivity index (χ0n) is 17.2. The van der Waals surface area contributed by atoms with Crippen LogP contribution in [0.4, 0.5) is 14.6 Å². The van der Waals surface area contributed by atoms with E-state index in [1.807, 2.05) is 24.1 Å². The van der Waals surface area contributed by atoms with Crippen molar-refractivity contribution < 1.29 is 13.6 Å². The molecule has 31 heavy (non-hydrogen) atoms. The van der Waals surface area contributed by atoms with E-state index in [4.69, 9.17) is 5.26 Å². The lowest BCUT2D eigenvalue weighted by Gasteiger charge is -2.38. The number of benzene rings is 1. The first-order valence-electron chi connectivity index (χ1n) is 10.4. The van der Waals surface area contributed by atoms with E-state index in [1.165, 1.54) is 12.1 Å². The fraction of sp³-hybridized carbons (Fsp3) is 0.455. The molecule has 0 bridgehead atoms. The lowest BCUT2D eigenvalue weighted by Crippen LogP contribution is -2.46. The number of anilines is 1. The molecule has 0 saturated carbocycles. The van der Waals surface area contributed by atoms with Crippen molar-refractivity contribution in [3.05, 3.63) is 53.0 Å². The maximum Gasteiger partial charge on any atom is 0.245 e. The van der Waals surface area contributed by atoms with Gasteiger partial charge in [0.15, 0.2) is 0 Å². The quantitative estimate of drug-likeness (QED) is 0.738. The molecule has 1 amide bonds. The Morgan fingerprint density at radius 2 is 1.81 bits per heavy atom. The molecule has 3 aliphatic heterocycles. The van der Waals surface area contributed by atoms with Crippen LogP contribution in [-0.2, 0) is 4.79 Å². The third-order valence-electron chi connectivity index (χ3n) is 6.66. The Hall–Kier alpha value is -3.12. The van der Waals surface area contributed by atoms with Crippen LogP contribution in [0.3, 0.4) is 0 Å². The summed E-state index contributed by atoms with van der Waals surface area (Å²) in [5.41, 5.74) is 0.736. The van der Waals surface area contributed by atoms with Crippen molar-refractivity contribution in [3.63, 3.8) is 0 Å². The third-order valence-corrected chi connectivity index (χ3v) is 6.66. The number of carbonyl (C=O) groups is 1. The Bertz CT molecular complexity index is 1070. The smallest absolute Gasteiger partial charge is 0.245 e. The molecule has 1 spiro atoms. The zero-order valence-corrected chi connectivity index (χ0v) is 17.2. The number of hydrogen-bond donors (Lipinski definition) is 0. The molecule has 3 fully saturated rings. The van der Waals surface area contributed by atoms with Crippen LogP contribution in [0.1, 0.15) is 42.4 Å². The van der Waals surface area contributed by atoms with E-state index in [0.29, 0.717) is 56.8 Å². The number of nitriles is 1. The average molecular weight is 424 g/mol. The predicted octanol–water partition coefficient (Wildman–Crippen LogP) is 2.73. The number of carbonyl (C=O) groups excluding carboxylic acids is 1. The van der Waals surface area contributed by atoms with Gasteiger partial charge in [-0.2, -0.15) is 5.26 Å². The number of fused-ring (bicyclic) bond motifs is 1. The number of nitrogens with zero attached hydrogens (tertiary/aromatic N) is 6. The molecule has 3 saturated heterocycles. The molecule has 1 aromatic heterocycles. The minimum atomic E-state index is -0.625. The maximum absolute atomic E-state index is 13.8. The van der Waals surface area contributed by atoms with Crippen molar-refractivity contribution in [2.24, 2.45) is 5.41 Å². The average Bonchev–Trinajstić information content (AvgIpc) is 3.26. The first kappa shape index (κ1) is 19.8. The SMILES string of the molecule is Cc1cc(N2CCC3(CC2)CN2CC[C@@H](c4cc(F)cc(F)c4)N2C3=O)nc(C#N)n1. The summed E-state index contributed by atoms with van der Waals surface area (Å²) < 4.78 is 27.5. The largest absolute Gasteiger partial charge is 0.356 e. The molecular formula is C22H22F2N6O. The molecule has 160 valence electrons. The number of hydrazine groups is 1. The summed E-state index contributed by atoms with van der Waals surface area (Å²) >= 11 is 0. The van der Waals surface area contributed by atoms with Crippen LogP contribution in [0, 0.1) is 35.3 Å². The van der Waals surface area contributed by atoms with Crippen LogP contribution >= 0.6 is 0 Å². The monoisotopic (exact) mass is 424 g/mol. The normalized spacial score (nSPS) is 22.8. The first-order valence-corrected chi connectivity index (χ1v) is 10.4. The minimum Gasteiger partial charge on any atom is -0.356 e. The second-order valence-electron chi connectivity index (χ2n) is 8.62. The van der Waals surface area contributed by atoms with Gasteiger partial charge in [-0.25, -0.2) is 23.8 Å². The Kier molecular flexibility index (Phi) is 4.63. The molecule has 5 rings (SSSR count). The van der Waals surface area contributed by atoms with Crippen molar-refractivity contribution >= 4 is 11.7 Å². The van der Waals surface area contributed by atoms with Crippen molar-refractivity contribution in [2.45, 2.75) is 32.2 Å². The van der Waals surface area contributed by atoms with E-state index in [9.17, 15) is 13.6 Å². The standard InChI is InChI=1S/C22H22F2N6O/c1-14-8-20(27-19(12-25)26-14)28-6-3-22(4-7-28)13-29-5-2-18(30(29)21(22)31)15-9-16(23)11-17(24)10-15/h8-11,18H,2-7,13H2,1H3/t18-/m0/s1. The number of hydrogen-bond acceptors (Lipinski definition) is 6. The van der Waals surface area contributed by atoms with Crippen LogP contribution in [-0.4, -0.2) is 52.1 Å². The van der Waals surface area contributed by atoms with Crippen LogP contribution in [0.25, 0.3) is 0 Å². The van der Waals surface area contributed by atoms with E-state index in [0.717, 1.165) is 11.8 Å². The summed E-state index contributed by atoms with van der Waals surface area (Å²) in [7, 11) is 0. The topological polar surface area (TPSA) is 76.4 Å². The Labute approximate surface area is 178 Å². The maximum atomic E-state index is 13.8. The van der Waals surface area contributed by atoms with Crippen molar-refractivity contribution in [3.8, 4) is 6.07 Å². The number of rotatable bonds is 2. The van der Waals surface area contributed by atoms with Crippen LogP contribution < -0.4 is 4.90 Å². The molecule has 3 aliphatic rings. The lowest BCUT2D eigenvalue weighted by atomic mass is 9.77. The highest BCUT2D eigenvalue weighted by atomic mass is 19.1. The fourth-order valence-corrected chi connectivity index (χ4v) is 5.16. The molecule has 0 radical (unpaired) electrons. The van der Waals surface area contributed by atoms with E-state index >= 15 is 0 Å². The number of aromatic nitrogens is 2.